The predicted molar refractivity (Wildman–Crippen MR) is 74.2 cm³/mol. The zero-order chi connectivity index (χ0) is 16.1. The van der Waals surface area contributed by atoms with E-state index in [2.05, 4.69) is 5.32 Å². The number of nitrogens with zero attached hydrogens (tertiary/aromatic N) is 2. The first-order valence-electron chi connectivity index (χ1n) is 7.29. The summed E-state index contributed by atoms with van der Waals surface area (Å²) < 4.78 is 5.13. The van der Waals surface area contributed by atoms with Gasteiger partial charge in [0.1, 0.15) is 6.04 Å². The maximum atomic E-state index is 12.1. The number of morpholine rings is 1. The Morgan fingerprint density at radius 1 is 1.18 bits per heavy atom. The van der Waals surface area contributed by atoms with Gasteiger partial charge in [0, 0.05) is 26.2 Å². The number of aliphatic carboxylic acids is 1. The maximum absolute atomic E-state index is 12.1. The second-order valence-corrected chi connectivity index (χ2v) is 5.43. The van der Waals surface area contributed by atoms with Crippen LogP contribution in [-0.2, 0) is 14.3 Å². The average Bonchev–Trinajstić information content (AvgIpc) is 2.94. The van der Waals surface area contributed by atoms with Gasteiger partial charge < -0.3 is 30.1 Å². The van der Waals surface area contributed by atoms with Gasteiger partial charge in [0.15, 0.2) is 0 Å². The molecule has 2 aliphatic heterocycles. The second-order valence-electron chi connectivity index (χ2n) is 5.43. The Morgan fingerprint density at radius 3 is 2.41 bits per heavy atom. The molecule has 0 aromatic carbocycles. The number of aliphatic hydroxyl groups is 1. The van der Waals surface area contributed by atoms with E-state index in [1.165, 1.54) is 9.80 Å². The molecule has 2 heterocycles. The molecule has 0 bridgehead atoms. The van der Waals surface area contributed by atoms with Crippen LogP contribution in [0.2, 0.25) is 0 Å². The molecule has 9 heteroatoms. The topological polar surface area (TPSA) is 119 Å². The lowest BCUT2D eigenvalue weighted by molar-refractivity contribution is -0.144. The minimum Gasteiger partial charge on any atom is -0.480 e. The predicted octanol–water partition coefficient (Wildman–Crippen LogP) is -1.54. The Kier molecular flexibility index (Phi) is 5.56. The quantitative estimate of drug-likeness (QED) is 0.579. The molecule has 9 nitrogen and oxygen atoms in total. The van der Waals surface area contributed by atoms with E-state index in [0.29, 0.717) is 39.3 Å². The van der Waals surface area contributed by atoms with Gasteiger partial charge in [0.25, 0.3) is 0 Å². The lowest BCUT2D eigenvalue weighted by Crippen LogP contribution is -2.50. The second kappa shape index (κ2) is 7.41. The molecular weight excluding hydrogens is 294 g/mol. The van der Waals surface area contributed by atoms with Crippen LogP contribution in [0.1, 0.15) is 12.8 Å². The number of likely N-dealkylation sites (tertiary alicyclic amines) is 1. The number of urea groups is 1. The van der Waals surface area contributed by atoms with Crippen LogP contribution in [-0.4, -0.2) is 89.5 Å². The number of amides is 3. The van der Waals surface area contributed by atoms with Gasteiger partial charge in [-0.05, 0) is 6.42 Å². The third-order valence-corrected chi connectivity index (χ3v) is 3.79. The third kappa shape index (κ3) is 4.31. The first kappa shape index (κ1) is 16.5. The SMILES string of the molecule is O=C(O)C(CC(=O)N1CCOCC1)NC(=O)N1CC[C@@H](O)C1. The molecule has 0 aromatic heterocycles. The van der Waals surface area contributed by atoms with Crippen molar-refractivity contribution in [3.63, 3.8) is 0 Å². The number of hydrogen-bond donors (Lipinski definition) is 3. The Morgan fingerprint density at radius 2 is 1.86 bits per heavy atom. The van der Waals surface area contributed by atoms with Crippen LogP contribution < -0.4 is 5.32 Å². The molecule has 1 unspecified atom stereocenters. The third-order valence-electron chi connectivity index (χ3n) is 3.79. The van der Waals surface area contributed by atoms with Crippen LogP contribution in [0.25, 0.3) is 0 Å². The molecule has 0 saturated carbocycles. The summed E-state index contributed by atoms with van der Waals surface area (Å²) in [6.45, 7) is 2.27. The van der Waals surface area contributed by atoms with Crippen molar-refractivity contribution in [2.24, 2.45) is 0 Å². The lowest BCUT2D eigenvalue weighted by atomic mass is 10.2. The van der Waals surface area contributed by atoms with Crippen molar-refractivity contribution in [3.8, 4) is 0 Å². The monoisotopic (exact) mass is 315 g/mol. The van der Waals surface area contributed by atoms with Crippen LogP contribution in [0.3, 0.4) is 0 Å². The summed E-state index contributed by atoms with van der Waals surface area (Å²) in [5.74, 6) is -1.58. The molecule has 3 N–H and O–H groups in total. The zero-order valence-electron chi connectivity index (χ0n) is 12.2. The number of aliphatic hydroxyl groups excluding tert-OH is 1. The number of carbonyl (C=O) groups is 3. The fourth-order valence-corrected chi connectivity index (χ4v) is 2.48. The van der Waals surface area contributed by atoms with Gasteiger partial charge in [-0.25, -0.2) is 9.59 Å². The van der Waals surface area contributed by atoms with E-state index in [4.69, 9.17) is 4.74 Å². The van der Waals surface area contributed by atoms with Gasteiger partial charge in [-0.3, -0.25) is 4.79 Å². The van der Waals surface area contributed by atoms with E-state index in [9.17, 15) is 24.6 Å². The van der Waals surface area contributed by atoms with Crippen molar-refractivity contribution in [2.45, 2.75) is 25.0 Å². The Bertz CT molecular complexity index is 419. The number of carboxylic acids is 1. The number of rotatable bonds is 4. The smallest absolute Gasteiger partial charge is 0.326 e. The summed E-state index contributed by atoms with van der Waals surface area (Å²) in [7, 11) is 0. The standard InChI is InChI=1S/C13H21N3O6/c17-9-1-2-16(8-9)13(21)14-10(12(19)20)7-11(18)15-3-5-22-6-4-15/h9-10,17H,1-8H2,(H,14,21)(H,19,20)/t9-,10?/m1/s1. The van der Waals surface area contributed by atoms with Crippen molar-refractivity contribution >= 4 is 17.9 Å². The van der Waals surface area contributed by atoms with E-state index >= 15 is 0 Å². The van der Waals surface area contributed by atoms with Crippen molar-refractivity contribution in [2.75, 3.05) is 39.4 Å². The van der Waals surface area contributed by atoms with Crippen LogP contribution in [0.5, 0.6) is 0 Å². The minimum absolute atomic E-state index is 0.176. The molecule has 0 aliphatic carbocycles. The van der Waals surface area contributed by atoms with Gasteiger partial charge in [-0.1, -0.05) is 0 Å². The van der Waals surface area contributed by atoms with Crippen molar-refractivity contribution in [1.29, 1.82) is 0 Å². The van der Waals surface area contributed by atoms with Crippen LogP contribution in [0.15, 0.2) is 0 Å². The van der Waals surface area contributed by atoms with Crippen LogP contribution in [0.4, 0.5) is 4.79 Å². The summed E-state index contributed by atoms with van der Waals surface area (Å²) in [5, 5.41) is 20.9. The number of nitrogens with one attached hydrogen (secondary N) is 1. The molecule has 3 amide bonds. The van der Waals surface area contributed by atoms with Crippen molar-refractivity contribution in [3.05, 3.63) is 0 Å². The first-order valence-corrected chi connectivity index (χ1v) is 7.29. The van der Waals surface area contributed by atoms with Gasteiger partial charge in [0.05, 0.1) is 25.7 Å². The van der Waals surface area contributed by atoms with E-state index < -0.39 is 24.1 Å². The number of hydrogen-bond acceptors (Lipinski definition) is 5. The van der Waals surface area contributed by atoms with E-state index in [0.717, 1.165) is 0 Å². The molecule has 0 radical (unpaired) electrons. The molecule has 2 saturated heterocycles. The zero-order valence-corrected chi connectivity index (χ0v) is 12.2. The molecule has 2 fully saturated rings. The summed E-state index contributed by atoms with van der Waals surface area (Å²) in [5.41, 5.74) is 0. The first-order chi connectivity index (χ1) is 10.5. The van der Waals surface area contributed by atoms with E-state index in [1.807, 2.05) is 0 Å². The molecular formula is C13H21N3O6. The number of carbonyl (C=O) groups excluding carboxylic acids is 2. The van der Waals surface area contributed by atoms with Gasteiger partial charge >= 0.3 is 12.0 Å². The van der Waals surface area contributed by atoms with Crippen LogP contribution >= 0.6 is 0 Å². The summed E-state index contributed by atoms with van der Waals surface area (Å²) in [6, 6.07) is -1.85. The Hall–Kier alpha value is -1.87. The number of ether oxygens (including phenoxy) is 1. The molecule has 22 heavy (non-hydrogen) atoms. The molecule has 2 atom stereocenters. The summed E-state index contributed by atoms with van der Waals surface area (Å²) in [4.78, 5) is 38.2. The largest absolute Gasteiger partial charge is 0.480 e. The number of carboxylic acid groups (broad SMARTS) is 1. The fraction of sp³-hybridized carbons (Fsp3) is 0.769. The van der Waals surface area contributed by atoms with E-state index in [-0.39, 0.29) is 18.9 Å². The highest BCUT2D eigenvalue weighted by Gasteiger charge is 2.30. The highest BCUT2D eigenvalue weighted by atomic mass is 16.5. The van der Waals surface area contributed by atoms with Gasteiger partial charge in [-0.15, -0.1) is 0 Å². The summed E-state index contributed by atoms with van der Waals surface area (Å²) in [6.07, 6.45) is -0.404. The van der Waals surface area contributed by atoms with Crippen LogP contribution in [0, 0.1) is 0 Å². The molecule has 2 rings (SSSR count). The molecule has 0 spiro atoms. The Balaban J connectivity index is 1.87. The van der Waals surface area contributed by atoms with E-state index in [1.54, 1.807) is 0 Å². The highest BCUT2D eigenvalue weighted by Crippen LogP contribution is 2.10. The van der Waals surface area contributed by atoms with Gasteiger partial charge in [-0.2, -0.15) is 0 Å². The summed E-state index contributed by atoms with van der Waals surface area (Å²) >= 11 is 0. The van der Waals surface area contributed by atoms with Crippen molar-refractivity contribution < 1.29 is 29.3 Å². The molecule has 0 aromatic rings. The van der Waals surface area contributed by atoms with Gasteiger partial charge in [0.2, 0.25) is 5.91 Å². The highest BCUT2D eigenvalue weighted by molar-refractivity contribution is 5.88. The average molecular weight is 315 g/mol. The van der Waals surface area contributed by atoms with Crippen molar-refractivity contribution in [1.82, 2.24) is 15.1 Å². The Labute approximate surface area is 127 Å². The molecule has 2 aliphatic rings. The lowest BCUT2D eigenvalue weighted by Gasteiger charge is -2.28. The normalized spacial score (nSPS) is 23.2. The minimum atomic E-state index is -1.28. The number of β-amino-alcohol motifs (C(OH)–C–C–N with tert-alkyl or cyclic N) is 1. The fourth-order valence-electron chi connectivity index (χ4n) is 2.48. The molecule has 124 valence electrons. The maximum Gasteiger partial charge on any atom is 0.326 e.